The molecular weight excluding hydrogens is 322 g/mol. The fourth-order valence-corrected chi connectivity index (χ4v) is 3.33. The molecule has 1 heterocycles. The lowest BCUT2D eigenvalue weighted by Gasteiger charge is -2.22. The predicted octanol–water partition coefficient (Wildman–Crippen LogP) is 5.49. The van der Waals surface area contributed by atoms with E-state index in [1.165, 1.54) is 10.2 Å². The Morgan fingerprint density at radius 1 is 0.885 bits per heavy atom. The minimum absolute atomic E-state index is 0.0959. The highest BCUT2D eigenvalue weighted by Gasteiger charge is 2.25. The van der Waals surface area contributed by atoms with Crippen molar-refractivity contribution in [3.63, 3.8) is 0 Å². The summed E-state index contributed by atoms with van der Waals surface area (Å²) >= 11 is 0. The van der Waals surface area contributed by atoms with Crippen molar-refractivity contribution in [1.82, 2.24) is 15.0 Å². The molecule has 0 spiro atoms. The van der Waals surface area contributed by atoms with Gasteiger partial charge in [0.05, 0.1) is 5.52 Å². The molecule has 4 nitrogen and oxygen atoms in total. The topological polar surface area (TPSA) is 47.8 Å². The van der Waals surface area contributed by atoms with Crippen LogP contribution in [0.5, 0.6) is 0 Å². The molecular formula is C22H27N3O. The van der Waals surface area contributed by atoms with Crippen LogP contribution in [0, 0.1) is 0 Å². The minimum Gasteiger partial charge on any atom is -0.267 e. The van der Waals surface area contributed by atoms with Crippen LogP contribution in [0.3, 0.4) is 0 Å². The molecule has 0 fully saturated rings. The number of hydrogen-bond acceptors (Lipinski definition) is 3. The highest BCUT2D eigenvalue weighted by atomic mass is 16.2. The van der Waals surface area contributed by atoms with Gasteiger partial charge in [-0.2, -0.15) is 4.68 Å². The molecule has 3 aromatic rings. The van der Waals surface area contributed by atoms with E-state index in [0.29, 0.717) is 5.92 Å². The maximum atomic E-state index is 13.5. The second kappa shape index (κ2) is 7.02. The van der Waals surface area contributed by atoms with Crippen molar-refractivity contribution >= 4 is 16.9 Å². The van der Waals surface area contributed by atoms with Gasteiger partial charge >= 0.3 is 0 Å². The zero-order valence-corrected chi connectivity index (χ0v) is 16.4. The molecule has 0 saturated heterocycles. The van der Waals surface area contributed by atoms with Gasteiger partial charge in [0.2, 0.25) is 0 Å². The van der Waals surface area contributed by atoms with Crippen LogP contribution >= 0.6 is 0 Å². The first-order valence-corrected chi connectivity index (χ1v) is 9.34. The minimum atomic E-state index is -0.0959. The number of hydrogen-bond donors (Lipinski definition) is 0. The molecule has 0 amide bonds. The van der Waals surface area contributed by atoms with E-state index in [4.69, 9.17) is 0 Å². The smallest absolute Gasteiger partial charge is 0.267 e. The molecule has 2 aromatic carbocycles. The Morgan fingerprint density at radius 3 is 2.00 bits per heavy atom. The largest absolute Gasteiger partial charge is 0.280 e. The van der Waals surface area contributed by atoms with Gasteiger partial charge in [0.25, 0.3) is 5.91 Å². The highest BCUT2D eigenvalue weighted by Crippen LogP contribution is 2.33. The summed E-state index contributed by atoms with van der Waals surface area (Å²) in [6, 6.07) is 12.0. The normalized spacial score (nSPS) is 11.9. The Morgan fingerprint density at radius 2 is 1.46 bits per heavy atom. The van der Waals surface area contributed by atoms with E-state index in [0.717, 1.165) is 27.7 Å². The van der Waals surface area contributed by atoms with E-state index in [1.807, 2.05) is 24.3 Å². The van der Waals surface area contributed by atoms with Crippen LogP contribution in [0.4, 0.5) is 0 Å². The number of aromatic nitrogens is 3. The number of para-hydroxylation sites is 1. The van der Waals surface area contributed by atoms with Gasteiger partial charge in [-0.05, 0) is 46.6 Å². The van der Waals surface area contributed by atoms with E-state index in [-0.39, 0.29) is 17.7 Å². The van der Waals surface area contributed by atoms with E-state index < -0.39 is 0 Å². The Balaban J connectivity index is 2.27. The lowest BCUT2D eigenvalue weighted by atomic mass is 9.84. The van der Waals surface area contributed by atoms with Crippen molar-refractivity contribution < 1.29 is 4.79 Å². The number of rotatable bonds is 4. The number of carbonyl (C=O) groups is 1. The summed E-state index contributed by atoms with van der Waals surface area (Å²) in [6.07, 6.45) is 0. The summed E-state index contributed by atoms with van der Waals surface area (Å²) < 4.78 is 1.44. The first-order valence-electron chi connectivity index (χ1n) is 9.34. The van der Waals surface area contributed by atoms with Gasteiger partial charge in [0.15, 0.2) is 0 Å². The predicted molar refractivity (Wildman–Crippen MR) is 106 cm³/mol. The zero-order chi connectivity index (χ0) is 19.0. The molecule has 0 aliphatic heterocycles. The molecule has 0 saturated carbocycles. The second-order valence-corrected chi connectivity index (χ2v) is 7.83. The van der Waals surface area contributed by atoms with Crippen molar-refractivity contribution in [2.75, 3.05) is 0 Å². The molecule has 0 aliphatic carbocycles. The molecule has 0 bridgehead atoms. The lowest BCUT2D eigenvalue weighted by molar-refractivity contribution is 0.0945. The van der Waals surface area contributed by atoms with Gasteiger partial charge in [-0.25, -0.2) is 0 Å². The number of benzene rings is 2. The van der Waals surface area contributed by atoms with Crippen molar-refractivity contribution in [3.8, 4) is 0 Å². The number of nitrogens with zero attached hydrogens (tertiary/aromatic N) is 3. The van der Waals surface area contributed by atoms with Gasteiger partial charge in [-0.15, -0.1) is 5.10 Å². The summed E-state index contributed by atoms with van der Waals surface area (Å²) in [6.45, 7) is 12.9. The molecule has 0 N–H and O–H groups in total. The third kappa shape index (κ3) is 3.16. The number of carbonyl (C=O) groups excluding carboxylic acids is 1. The summed E-state index contributed by atoms with van der Waals surface area (Å²) in [5, 5.41) is 8.30. The van der Waals surface area contributed by atoms with Crippen LogP contribution in [0.25, 0.3) is 11.0 Å². The third-order valence-corrected chi connectivity index (χ3v) is 4.89. The fraction of sp³-hybridized carbons (Fsp3) is 0.409. The van der Waals surface area contributed by atoms with E-state index >= 15 is 0 Å². The molecule has 0 unspecified atom stereocenters. The van der Waals surface area contributed by atoms with Crippen molar-refractivity contribution in [2.45, 2.75) is 59.3 Å². The maximum Gasteiger partial charge on any atom is 0.280 e. The van der Waals surface area contributed by atoms with Gasteiger partial charge in [0, 0.05) is 5.56 Å². The Kier molecular flexibility index (Phi) is 4.94. The summed E-state index contributed by atoms with van der Waals surface area (Å²) in [5.41, 5.74) is 5.70. The quantitative estimate of drug-likeness (QED) is 0.626. The van der Waals surface area contributed by atoms with Crippen LogP contribution in [0.1, 0.15) is 86.3 Å². The average molecular weight is 349 g/mol. The molecule has 0 atom stereocenters. The third-order valence-electron chi connectivity index (χ3n) is 4.89. The SMILES string of the molecule is CC(C)c1cc(C(C)C)c(C(=O)n2nnc3ccccc32)c(C(C)C)c1. The molecule has 0 aliphatic rings. The first kappa shape index (κ1) is 18.3. The Bertz CT molecular complexity index is 922. The van der Waals surface area contributed by atoms with Gasteiger partial charge in [-0.3, -0.25) is 4.79 Å². The summed E-state index contributed by atoms with van der Waals surface area (Å²) in [5.74, 6) is 0.822. The lowest BCUT2D eigenvalue weighted by Crippen LogP contribution is -2.20. The molecule has 136 valence electrons. The molecule has 1 aromatic heterocycles. The van der Waals surface area contributed by atoms with Crippen LogP contribution < -0.4 is 0 Å². The van der Waals surface area contributed by atoms with E-state index in [2.05, 4.69) is 64.0 Å². The van der Waals surface area contributed by atoms with Crippen molar-refractivity contribution in [3.05, 3.63) is 58.7 Å². The molecule has 0 radical (unpaired) electrons. The van der Waals surface area contributed by atoms with Crippen LogP contribution in [0.2, 0.25) is 0 Å². The Hall–Kier alpha value is -2.49. The van der Waals surface area contributed by atoms with Gasteiger partial charge in [-0.1, -0.05) is 71.0 Å². The molecule has 4 heteroatoms. The fourth-order valence-electron chi connectivity index (χ4n) is 3.33. The van der Waals surface area contributed by atoms with Gasteiger partial charge < -0.3 is 0 Å². The molecule has 3 rings (SSSR count). The standard InChI is InChI=1S/C22H27N3O/c1-13(2)16-11-17(14(3)4)21(18(12-16)15(5)6)22(26)25-20-10-8-7-9-19(20)23-24-25/h7-15H,1-6H3. The van der Waals surface area contributed by atoms with E-state index in [9.17, 15) is 4.79 Å². The monoisotopic (exact) mass is 349 g/mol. The average Bonchev–Trinajstić information content (AvgIpc) is 3.03. The van der Waals surface area contributed by atoms with E-state index in [1.54, 1.807) is 0 Å². The zero-order valence-electron chi connectivity index (χ0n) is 16.4. The van der Waals surface area contributed by atoms with Crippen molar-refractivity contribution in [1.29, 1.82) is 0 Å². The Labute approximate surface area is 155 Å². The second-order valence-electron chi connectivity index (χ2n) is 7.83. The van der Waals surface area contributed by atoms with Crippen LogP contribution in [-0.2, 0) is 0 Å². The van der Waals surface area contributed by atoms with Crippen molar-refractivity contribution in [2.24, 2.45) is 0 Å². The first-order chi connectivity index (χ1) is 12.3. The van der Waals surface area contributed by atoms with Gasteiger partial charge in [0.1, 0.15) is 5.52 Å². The van der Waals surface area contributed by atoms with Crippen LogP contribution in [0.15, 0.2) is 36.4 Å². The maximum absolute atomic E-state index is 13.5. The summed E-state index contributed by atoms with van der Waals surface area (Å²) in [7, 11) is 0. The number of fused-ring (bicyclic) bond motifs is 1. The van der Waals surface area contributed by atoms with Crippen LogP contribution in [-0.4, -0.2) is 20.9 Å². The molecule has 26 heavy (non-hydrogen) atoms. The summed E-state index contributed by atoms with van der Waals surface area (Å²) in [4.78, 5) is 13.5. The highest BCUT2D eigenvalue weighted by molar-refractivity contribution is 6.02.